The molecule has 0 spiro atoms. The molecule has 1 aliphatic heterocycles. The Hall–Kier alpha value is -2.56. The van der Waals surface area contributed by atoms with Gasteiger partial charge in [-0.2, -0.15) is 0 Å². The maximum atomic E-state index is 12.9. The summed E-state index contributed by atoms with van der Waals surface area (Å²) in [6, 6.07) is 7.54. The van der Waals surface area contributed by atoms with E-state index in [1.807, 2.05) is 45.0 Å². The Balaban J connectivity index is 2.19. The highest BCUT2D eigenvalue weighted by atomic mass is 16.5. The van der Waals surface area contributed by atoms with Crippen LogP contribution in [0.3, 0.4) is 0 Å². The molecule has 0 radical (unpaired) electrons. The number of benzene rings is 1. The summed E-state index contributed by atoms with van der Waals surface area (Å²) in [5.41, 5.74) is 3.62. The van der Waals surface area contributed by atoms with E-state index >= 15 is 0 Å². The van der Waals surface area contributed by atoms with Gasteiger partial charge >= 0.3 is 5.97 Å². The molecule has 0 fully saturated rings. The fourth-order valence-electron chi connectivity index (χ4n) is 3.75. The molecule has 2 aliphatic rings. The monoisotopic (exact) mass is 355 g/mol. The number of ether oxygens (including phenoxy) is 2. The van der Waals surface area contributed by atoms with Gasteiger partial charge in [-0.1, -0.05) is 18.2 Å². The maximum absolute atomic E-state index is 12.9. The molecule has 0 unspecified atom stereocenters. The second kappa shape index (κ2) is 7.36. The molecular formula is C21H25NO4. The Kier molecular flexibility index (Phi) is 5.16. The number of esters is 1. The number of nitrogens with one attached hydrogen (secondary N) is 1. The minimum atomic E-state index is -0.471. The van der Waals surface area contributed by atoms with Crippen LogP contribution in [0.4, 0.5) is 0 Å². The number of rotatable bonds is 4. The number of para-hydroxylation sites is 1. The smallest absolute Gasteiger partial charge is 0.337 e. The van der Waals surface area contributed by atoms with Gasteiger partial charge in [0.05, 0.1) is 24.7 Å². The fourth-order valence-corrected chi connectivity index (χ4v) is 3.75. The number of ketones is 1. The zero-order chi connectivity index (χ0) is 18.8. The molecule has 0 bridgehead atoms. The Morgan fingerprint density at radius 3 is 2.65 bits per heavy atom. The molecule has 1 N–H and O–H groups in total. The third-order valence-electron chi connectivity index (χ3n) is 4.79. The van der Waals surface area contributed by atoms with Gasteiger partial charge in [-0.3, -0.25) is 4.79 Å². The summed E-state index contributed by atoms with van der Waals surface area (Å²) < 4.78 is 11.0. The highest BCUT2D eigenvalue weighted by Gasteiger charge is 2.40. The van der Waals surface area contributed by atoms with E-state index in [1.54, 1.807) is 7.11 Å². The summed E-state index contributed by atoms with van der Waals surface area (Å²) in [7, 11) is 1.60. The van der Waals surface area contributed by atoms with Crippen LogP contribution in [0, 0.1) is 0 Å². The molecule has 0 saturated heterocycles. The normalized spacial score (nSPS) is 20.0. The first-order chi connectivity index (χ1) is 12.4. The van der Waals surface area contributed by atoms with E-state index in [4.69, 9.17) is 9.47 Å². The van der Waals surface area contributed by atoms with Crippen molar-refractivity contribution in [2.24, 2.45) is 0 Å². The van der Waals surface area contributed by atoms with Gasteiger partial charge in [0.2, 0.25) is 0 Å². The summed E-state index contributed by atoms with van der Waals surface area (Å²) in [5.74, 6) is -0.128. The molecule has 3 rings (SSSR count). The molecule has 5 heteroatoms. The van der Waals surface area contributed by atoms with Crippen LogP contribution in [0.15, 0.2) is 46.8 Å². The van der Waals surface area contributed by atoms with Crippen molar-refractivity contribution in [2.75, 3.05) is 7.11 Å². The molecule has 1 heterocycles. The predicted octanol–water partition coefficient (Wildman–Crippen LogP) is 3.61. The van der Waals surface area contributed by atoms with Crippen molar-refractivity contribution in [3.8, 4) is 5.75 Å². The van der Waals surface area contributed by atoms with Gasteiger partial charge < -0.3 is 14.8 Å². The first-order valence-electron chi connectivity index (χ1n) is 9.02. The lowest BCUT2D eigenvalue weighted by Crippen LogP contribution is -2.35. The Bertz CT molecular complexity index is 804. The van der Waals surface area contributed by atoms with Crippen LogP contribution in [0.5, 0.6) is 5.75 Å². The Morgan fingerprint density at radius 2 is 1.96 bits per heavy atom. The Morgan fingerprint density at radius 1 is 1.23 bits per heavy atom. The second-order valence-electron chi connectivity index (χ2n) is 6.96. The number of allylic oxidation sites excluding steroid dienone is 3. The van der Waals surface area contributed by atoms with E-state index in [9.17, 15) is 9.59 Å². The lowest BCUT2D eigenvalue weighted by atomic mass is 9.75. The molecule has 26 heavy (non-hydrogen) atoms. The average Bonchev–Trinajstić information content (AvgIpc) is 2.60. The van der Waals surface area contributed by atoms with Crippen molar-refractivity contribution in [2.45, 2.75) is 52.1 Å². The van der Waals surface area contributed by atoms with Crippen molar-refractivity contribution in [3.05, 3.63) is 52.4 Å². The predicted molar refractivity (Wildman–Crippen MR) is 98.7 cm³/mol. The van der Waals surface area contributed by atoms with Crippen molar-refractivity contribution in [1.29, 1.82) is 0 Å². The highest BCUT2D eigenvalue weighted by Crippen LogP contribution is 2.45. The fraction of sp³-hybridized carbons (Fsp3) is 0.429. The third-order valence-corrected chi connectivity index (χ3v) is 4.79. The molecule has 1 aliphatic carbocycles. The van der Waals surface area contributed by atoms with Crippen molar-refractivity contribution >= 4 is 11.8 Å². The van der Waals surface area contributed by atoms with Crippen LogP contribution in [-0.2, 0) is 14.3 Å². The Labute approximate surface area is 154 Å². The largest absolute Gasteiger partial charge is 0.496 e. The quantitative estimate of drug-likeness (QED) is 0.836. The first-order valence-corrected chi connectivity index (χ1v) is 9.02. The lowest BCUT2D eigenvalue weighted by Gasteiger charge is -2.34. The van der Waals surface area contributed by atoms with Crippen molar-refractivity contribution < 1.29 is 19.1 Å². The van der Waals surface area contributed by atoms with E-state index in [0.29, 0.717) is 23.3 Å². The standard InChI is InChI=1S/C21H25NO4/c1-12(2)26-21(24)18-13(3)22-15-9-7-10-16(23)20(15)19(18)14-8-5-6-11-17(14)25-4/h5-6,8,11-12,19,22H,7,9-10H2,1-4H3/t19-/m0/s1. The van der Waals surface area contributed by atoms with E-state index < -0.39 is 11.9 Å². The van der Waals surface area contributed by atoms with Crippen molar-refractivity contribution in [3.63, 3.8) is 0 Å². The van der Waals surface area contributed by atoms with Gasteiger partial charge in [0.25, 0.3) is 0 Å². The zero-order valence-corrected chi connectivity index (χ0v) is 15.7. The lowest BCUT2D eigenvalue weighted by molar-refractivity contribution is -0.143. The second-order valence-corrected chi connectivity index (χ2v) is 6.96. The van der Waals surface area contributed by atoms with Gasteiger partial charge in [0, 0.05) is 29.0 Å². The summed E-state index contributed by atoms with van der Waals surface area (Å²) in [6.45, 7) is 5.50. The SMILES string of the molecule is COc1ccccc1[C@H]1C(C(=O)OC(C)C)=C(C)NC2=C1C(=O)CCC2. The maximum Gasteiger partial charge on any atom is 0.337 e. The summed E-state index contributed by atoms with van der Waals surface area (Å²) in [4.78, 5) is 25.7. The average molecular weight is 355 g/mol. The molecule has 1 atom stereocenters. The summed E-state index contributed by atoms with van der Waals surface area (Å²) >= 11 is 0. The first kappa shape index (κ1) is 18.2. The van der Waals surface area contributed by atoms with Crippen LogP contribution < -0.4 is 10.1 Å². The summed E-state index contributed by atoms with van der Waals surface area (Å²) in [5, 5.41) is 3.29. The topological polar surface area (TPSA) is 64.6 Å². The van der Waals surface area contributed by atoms with Crippen LogP contribution in [0.1, 0.15) is 51.5 Å². The van der Waals surface area contributed by atoms with E-state index in [1.165, 1.54) is 0 Å². The molecular weight excluding hydrogens is 330 g/mol. The number of dihydropyridines is 1. The minimum Gasteiger partial charge on any atom is -0.496 e. The van der Waals surface area contributed by atoms with Crippen LogP contribution >= 0.6 is 0 Å². The minimum absolute atomic E-state index is 0.0806. The number of Topliss-reactive ketones (excluding diaryl/α,β-unsaturated/α-hetero) is 1. The molecule has 5 nitrogen and oxygen atoms in total. The third kappa shape index (κ3) is 3.26. The molecule has 1 aromatic rings. The van der Waals surface area contributed by atoms with Crippen LogP contribution in [0.2, 0.25) is 0 Å². The zero-order valence-electron chi connectivity index (χ0n) is 15.7. The molecule has 138 valence electrons. The van der Waals surface area contributed by atoms with Gasteiger partial charge in [0.15, 0.2) is 5.78 Å². The van der Waals surface area contributed by atoms with E-state index in [0.717, 1.165) is 29.8 Å². The molecule has 0 saturated carbocycles. The molecule has 0 aromatic heterocycles. The number of hydrogen-bond acceptors (Lipinski definition) is 5. The summed E-state index contributed by atoms with van der Waals surface area (Å²) in [6.07, 6.45) is 1.88. The van der Waals surface area contributed by atoms with Crippen LogP contribution in [-0.4, -0.2) is 25.0 Å². The number of carbonyl (C=O) groups is 2. The van der Waals surface area contributed by atoms with E-state index in [-0.39, 0.29) is 11.9 Å². The molecule has 0 amide bonds. The highest BCUT2D eigenvalue weighted by molar-refractivity contribution is 6.04. The number of methoxy groups -OCH3 is 1. The van der Waals surface area contributed by atoms with E-state index in [2.05, 4.69) is 5.32 Å². The number of carbonyl (C=O) groups excluding carboxylic acids is 2. The van der Waals surface area contributed by atoms with Gasteiger partial charge in [-0.25, -0.2) is 4.79 Å². The van der Waals surface area contributed by atoms with Crippen LogP contribution in [0.25, 0.3) is 0 Å². The van der Waals surface area contributed by atoms with Gasteiger partial charge in [-0.05, 0) is 39.7 Å². The van der Waals surface area contributed by atoms with Crippen molar-refractivity contribution in [1.82, 2.24) is 5.32 Å². The molecule has 1 aromatic carbocycles. The number of hydrogen-bond donors (Lipinski definition) is 1. The van der Waals surface area contributed by atoms with Gasteiger partial charge in [-0.15, -0.1) is 0 Å². The van der Waals surface area contributed by atoms with Gasteiger partial charge in [0.1, 0.15) is 5.75 Å².